The molecule has 3 aromatic heterocycles. The van der Waals surface area contributed by atoms with Gasteiger partial charge < -0.3 is 5.32 Å². The van der Waals surface area contributed by atoms with Crippen molar-refractivity contribution < 1.29 is 0 Å². The molecule has 0 aromatic carbocycles. The minimum atomic E-state index is 0.592. The van der Waals surface area contributed by atoms with Crippen molar-refractivity contribution in [2.45, 2.75) is 13.0 Å². The number of hydrogen-bond acceptors (Lipinski definition) is 6. The summed E-state index contributed by atoms with van der Waals surface area (Å²) in [6, 6.07) is 5.65. The van der Waals surface area contributed by atoms with E-state index in [0.717, 1.165) is 25.3 Å². The van der Waals surface area contributed by atoms with Crippen molar-refractivity contribution in [1.29, 1.82) is 0 Å². The van der Waals surface area contributed by atoms with E-state index in [4.69, 9.17) is 0 Å². The molecule has 0 amide bonds. The van der Waals surface area contributed by atoms with Crippen LogP contribution in [0.1, 0.15) is 6.42 Å². The second kappa shape index (κ2) is 5.91. The van der Waals surface area contributed by atoms with Crippen LogP contribution in [0.4, 0.5) is 5.95 Å². The van der Waals surface area contributed by atoms with E-state index in [0.29, 0.717) is 5.95 Å². The predicted octanol–water partition coefficient (Wildman–Crippen LogP) is 0.756. The van der Waals surface area contributed by atoms with E-state index < -0.39 is 0 Å². The summed E-state index contributed by atoms with van der Waals surface area (Å²) in [6.45, 7) is 1.58. The minimum Gasteiger partial charge on any atom is -0.353 e. The topological polar surface area (TPSA) is 86.3 Å². The zero-order chi connectivity index (χ0) is 13.6. The van der Waals surface area contributed by atoms with Gasteiger partial charge in [0.25, 0.3) is 0 Å². The van der Waals surface area contributed by atoms with Crippen molar-refractivity contribution in [3.8, 4) is 5.82 Å². The van der Waals surface area contributed by atoms with E-state index in [1.165, 1.54) is 6.33 Å². The second-order valence-electron chi connectivity index (χ2n) is 4.14. The highest BCUT2D eigenvalue weighted by Crippen LogP contribution is 2.03. The zero-order valence-electron chi connectivity index (χ0n) is 10.8. The average molecular weight is 270 g/mol. The van der Waals surface area contributed by atoms with Crippen molar-refractivity contribution in [2.24, 2.45) is 0 Å². The number of nitrogens with one attached hydrogen (secondary N) is 1. The van der Waals surface area contributed by atoms with Gasteiger partial charge in [-0.15, -0.1) is 5.10 Å². The first-order valence-electron chi connectivity index (χ1n) is 6.31. The van der Waals surface area contributed by atoms with Crippen molar-refractivity contribution in [3.05, 3.63) is 43.4 Å². The highest BCUT2D eigenvalue weighted by Gasteiger charge is 2.02. The molecule has 1 N–H and O–H groups in total. The fourth-order valence-electron chi connectivity index (χ4n) is 1.73. The molecule has 0 saturated carbocycles. The normalized spacial score (nSPS) is 10.6. The molecular formula is C12H14N8. The number of nitrogens with zero attached hydrogens (tertiary/aromatic N) is 7. The number of aromatic nitrogens is 7. The van der Waals surface area contributed by atoms with Gasteiger partial charge in [-0.25, -0.2) is 19.6 Å². The molecule has 8 nitrogen and oxygen atoms in total. The van der Waals surface area contributed by atoms with Crippen LogP contribution in [-0.4, -0.2) is 41.1 Å². The summed E-state index contributed by atoms with van der Waals surface area (Å²) in [5, 5.41) is 11.5. The first-order chi connectivity index (χ1) is 9.92. The smallest absolute Gasteiger partial charge is 0.242 e. The molecule has 3 heterocycles. The fourth-order valence-corrected chi connectivity index (χ4v) is 1.73. The maximum Gasteiger partial charge on any atom is 0.242 e. The van der Waals surface area contributed by atoms with Gasteiger partial charge in [0.15, 0.2) is 5.82 Å². The third kappa shape index (κ3) is 2.97. The first kappa shape index (κ1) is 12.3. The molecule has 0 unspecified atom stereocenters. The van der Waals surface area contributed by atoms with E-state index in [1.807, 2.05) is 18.2 Å². The molecule has 20 heavy (non-hydrogen) atoms. The Bertz CT molecular complexity index is 631. The highest BCUT2D eigenvalue weighted by molar-refractivity contribution is 5.26. The molecular weight excluding hydrogens is 256 g/mol. The van der Waals surface area contributed by atoms with E-state index in [1.54, 1.807) is 28.2 Å². The third-order valence-corrected chi connectivity index (χ3v) is 2.69. The van der Waals surface area contributed by atoms with E-state index in [2.05, 4.69) is 30.5 Å². The molecule has 8 heteroatoms. The Labute approximate surface area is 115 Å². The van der Waals surface area contributed by atoms with Crippen molar-refractivity contribution >= 4 is 5.95 Å². The minimum absolute atomic E-state index is 0.592. The lowest BCUT2D eigenvalue weighted by molar-refractivity contribution is 0.589. The van der Waals surface area contributed by atoms with Gasteiger partial charge in [-0.1, -0.05) is 6.07 Å². The van der Waals surface area contributed by atoms with Gasteiger partial charge in [-0.05, 0) is 18.6 Å². The Morgan fingerprint density at radius 2 is 2.15 bits per heavy atom. The molecule has 0 aliphatic carbocycles. The standard InChI is InChI=1S/C12H14N8/c1-2-5-14-11(4-1)20-10-16-12(18-20)15-6-3-7-19-9-13-8-17-19/h1-2,4-5,8-10H,3,6-7H2,(H,15,18). The number of pyridine rings is 1. The van der Waals surface area contributed by atoms with Gasteiger partial charge in [-0.2, -0.15) is 5.10 Å². The van der Waals surface area contributed by atoms with Crippen molar-refractivity contribution in [3.63, 3.8) is 0 Å². The maximum absolute atomic E-state index is 4.31. The molecule has 102 valence electrons. The van der Waals surface area contributed by atoms with Gasteiger partial charge in [0.2, 0.25) is 5.95 Å². The summed E-state index contributed by atoms with van der Waals surface area (Å²) < 4.78 is 3.43. The highest BCUT2D eigenvalue weighted by atomic mass is 15.4. The summed E-state index contributed by atoms with van der Waals surface area (Å²) in [5.41, 5.74) is 0. The van der Waals surface area contributed by atoms with E-state index in [-0.39, 0.29) is 0 Å². The first-order valence-corrected chi connectivity index (χ1v) is 6.31. The van der Waals surface area contributed by atoms with Crippen LogP contribution >= 0.6 is 0 Å². The van der Waals surface area contributed by atoms with Gasteiger partial charge in [0, 0.05) is 19.3 Å². The Hall–Kier alpha value is -2.77. The van der Waals surface area contributed by atoms with Crippen LogP contribution in [0.15, 0.2) is 43.4 Å². The maximum atomic E-state index is 4.31. The van der Waals surface area contributed by atoms with Crippen LogP contribution in [0.3, 0.4) is 0 Å². The molecule has 0 radical (unpaired) electrons. The Morgan fingerprint density at radius 3 is 2.95 bits per heavy atom. The average Bonchev–Trinajstić information content (AvgIpc) is 3.16. The molecule has 0 bridgehead atoms. The molecule has 3 rings (SSSR count). The summed E-state index contributed by atoms with van der Waals surface area (Å²) in [4.78, 5) is 12.3. The summed E-state index contributed by atoms with van der Waals surface area (Å²) in [6.07, 6.45) is 7.52. The number of hydrogen-bond donors (Lipinski definition) is 1. The number of rotatable bonds is 6. The van der Waals surface area contributed by atoms with Gasteiger partial charge in [0.1, 0.15) is 19.0 Å². The van der Waals surface area contributed by atoms with Gasteiger partial charge >= 0.3 is 0 Å². The van der Waals surface area contributed by atoms with Crippen LogP contribution < -0.4 is 5.32 Å². The summed E-state index contributed by atoms with van der Waals surface area (Å²) in [7, 11) is 0. The van der Waals surface area contributed by atoms with Crippen LogP contribution in [-0.2, 0) is 6.54 Å². The molecule has 0 fully saturated rings. The Balaban J connectivity index is 1.50. The lowest BCUT2D eigenvalue weighted by Crippen LogP contribution is -2.08. The van der Waals surface area contributed by atoms with Crippen LogP contribution in [0.5, 0.6) is 0 Å². The SMILES string of the molecule is c1ccc(-n2cnc(NCCCn3cncn3)n2)nc1. The summed E-state index contributed by atoms with van der Waals surface area (Å²) >= 11 is 0. The van der Waals surface area contributed by atoms with E-state index in [9.17, 15) is 0 Å². The van der Waals surface area contributed by atoms with Crippen LogP contribution in [0, 0.1) is 0 Å². The van der Waals surface area contributed by atoms with Crippen molar-refractivity contribution in [2.75, 3.05) is 11.9 Å². The number of aryl methyl sites for hydroxylation is 1. The molecule has 3 aromatic rings. The quantitative estimate of drug-likeness (QED) is 0.665. The fraction of sp³-hybridized carbons (Fsp3) is 0.250. The predicted molar refractivity (Wildman–Crippen MR) is 72.3 cm³/mol. The van der Waals surface area contributed by atoms with Crippen LogP contribution in [0.25, 0.3) is 5.82 Å². The third-order valence-electron chi connectivity index (χ3n) is 2.69. The zero-order valence-corrected chi connectivity index (χ0v) is 10.8. The molecule has 0 aliphatic heterocycles. The molecule has 0 spiro atoms. The molecule has 0 saturated heterocycles. The lowest BCUT2D eigenvalue weighted by atomic mass is 10.4. The van der Waals surface area contributed by atoms with Gasteiger partial charge in [0.05, 0.1) is 0 Å². The number of anilines is 1. The van der Waals surface area contributed by atoms with Crippen molar-refractivity contribution in [1.82, 2.24) is 34.5 Å². The molecule has 0 aliphatic rings. The van der Waals surface area contributed by atoms with E-state index >= 15 is 0 Å². The molecule has 0 atom stereocenters. The summed E-state index contributed by atoms with van der Waals surface area (Å²) in [5.74, 6) is 1.34. The largest absolute Gasteiger partial charge is 0.353 e. The Kier molecular flexibility index (Phi) is 3.63. The van der Waals surface area contributed by atoms with Crippen LogP contribution in [0.2, 0.25) is 0 Å². The monoisotopic (exact) mass is 270 g/mol. The lowest BCUT2D eigenvalue weighted by Gasteiger charge is -2.02. The Morgan fingerprint density at radius 1 is 1.15 bits per heavy atom. The second-order valence-corrected chi connectivity index (χ2v) is 4.14. The van der Waals surface area contributed by atoms with Gasteiger partial charge in [-0.3, -0.25) is 4.68 Å².